The van der Waals surface area contributed by atoms with Gasteiger partial charge >= 0.3 is 0 Å². The summed E-state index contributed by atoms with van der Waals surface area (Å²) in [5, 5.41) is 3.41. The van der Waals surface area contributed by atoms with Crippen molar-refractivity contribution in [1.82, 2.24) is 9.29 Å². The van der Waals surface area contributed by atoms with Gasteiger partial charge in [-0.2, -0.15) is 4.31 Å². The molecule has 1 aromatic rings. The molecule has 7 heteroatoms. The van der Waals surface area contributed by atoms with Crippen LogP contribution in [0, 0.1) is 0 Å². The van der Waals surface area contributed by atoms with Gasteiger partial charge in [-0.05, 0) is 39.2 Å². The third kappa shape index (κ3) is 3.33. The van der Waals surface area contributed by atoms with Gasteiger partial charge in [0.1, 0.15) is 10.7 Å². The van der Waals surface area contributed by atoms with Crippen LogP contribution in [0.15, 0.2) is 17.2 Å². The summed E-state index contributed by atoms with van der Waals surface area (Å²) in [6, 6.07) is 1.48. The second kappa shape index (κ2) is 6.10. The molecule has 2 rings (SSSR count). The molecule has 0 saturated carbocycles. The van der Waals surface area contributed by atoms with Crippen molar-refractivity contribution < 1.29 is 8.42 Å². The van der Waals surface area contributed by atoms with Crippen LogP contribution in [0.5, 0.6) is 0 Å². The summed E-state index contributed by atoms with van der Waals surface area (Å²) in [5.41, 5.74) is -0.357. The molecule has 0 amide bonds. The zero-order valence-corrected chi connectivity index (χ0v) is 14.3. The molecule has 1 aliphatic rings. The minimum atomic E-state index is -3.55. The predicted molar refractivity (Wildman–Crippen MR) is 85.2 cm³/mol. The van der Waals surface area contributed by atoms with Crippen LogP contribution in [-0.4, -0.2) is 36.3 Å². The van der Waals surface area contributed by atoms with Gasteiger partial charge in [0.15, 0.2) is 0 Å². The second-order valence-corrected chi connectivity index (χ2v) is 8.19. The SMILES string of the molecule is CCCNc1ncc(S(=O)(=O)N2CCCC2(C)C)cc1Cl. The molecular weight excluding hydrogens is 310 g/mol. The molecular formula is C14H22ClN3O2S. The van der Waals surface area contributed by atoms with Crippen LogP contribution in [0.4, 0.5) is 5.82 Å². The molecule has 0 aromatic carbocycles. The highest BCUT2D eigenvalue weighted by Gasteiger charge is 2.41. The lowest BCUT2D eigenvalue weighted by Crippen LogP contribution is -2.42. The van der Waals surface area contributed by atoms with Crippen LogP contribution >= 0.6 is 11.6 Å². The van der Waals surface area contributed by atoms with E-state index in [1.165, 1.54) is 12.3 Å². The highest BCUT2D eigenvalue weighted by Crippen LogP contribution is 2.34. The topological polar surface area (TPSA) is 62.3 Å². The van der Waals surface area contributed by atoms with Gasteiger partial charge in [-0.3, -0.25) is 0 Å². The molecule has 1 aliphatic heterocycles. The summed E-state index contributed by atoms with van der Waals surface area (Å²) in [5.74, 6) is 0.526. The Kier molecular flexibility index (Phi) is 4.80. The van der Waals surface area contributed by atoms with Gasteiger partial charge in [0.05, 0.1) is 5.02 Å². The van der Waals surface area contributed by atoms with Gasteiger partial charge < -0.3 is 5.32 Å². The predicted octanol–water partition coefficient (Wildman–Crippen LogP) is 3.12. The monoisotopic (exact) mass is 331 g/mol. The van der Waals surface area contributed by atoms with Crippen LogP contribution in [0.2, 0.25) is 5.02 Å². The van der Waals surface area contributed by atoms with Gasteiger partial charge in [0.2, 0.25) is 10.0 Å². The average Bonchev–Trinajstić information content (AvgIpc) is 2.77. The number of halogens is 1. The highest BCUT2D eigenvalue weighted by molar-refractivity contribution is 7.89. The Bertz CT molecular complexity index is 617. The Morgan fingerprint density at radius 2 is 2.19 bits per heavy atom. The normalized spacial score (nSPS) is 18.9. The zero-order chi connectivity index (χ0) is 15.7. The molecule has 5 nitrogen and oxygen atoms in total. The molecule has 0 radical (unpaired) electrons. The molecule has 0 unspecified atom stereocenters. The molecule has 0 aliphatic carbocycles. The van der Waals surface area contributed by atoms with E-state index in [0.29, 0.717) is 17.4 Å². The third-order valence-electron chi connectivity index (χ3n) is 3.77. The number of rotatable bonds is 5. The Labute approximate surface area is 131 Å². The molecule has 1 saturated heterocycles. The van der Waals surface area contributed by atoms with Crippen molar-refractivity contribution in [2.75, 3.05) is 18.4 Å². The lowest BCUT2D eigenvalue weighted by molar-refractivity contribution is 0.291. The number of hydrogen-bond donors (Lipinski definition) is 1. The maximum Gasteiger partial charge on any atom is 0.245 e. The fourth-order valence-electron chi connectivity index (χ4n) is 2.59. The van der Waals surface area contributed by atoms with Crippen molar-refractivity contribution in [3.05, 3.63) is 17.3 Å². The summed E-state index contributed by atoms with van der Waals surface area (Å²) in [6.45, 7) is 7.23. The van der Waals surface area contributed by atoms with Crippen molar-refractivity contribution in [2.24, 2.45) is 0 Å². The van der Waals surface area contributed by atoms with Crippen LogP contribution < -0.4 is 5.32 Å². The van der Waals surface area contributed by atoms with Crippen LogP contribution in [-0.2, 0) is 10.0 Å². The number of aromatic nitrogens is 1. The Hall–Kier alpha value is -0.850. The van der Waals surface area contributed by atoms with Gasteiger partial charge in [0.25, 0.3) is 0 Å². The maximum atomic E-state index is 12.7. The van der Waals surface area contributed by atoms with E-state index in [1.54, 1.807) is 4.31 Å². The molecule has 0 bridgehead atoms. The first kappa shape index (κ1) is 16.5. The fourth-order valence-corrected chi connectivity index (χ4v) is 4.71. The molecule has 0 spiro atoms. The zero-order valence-electron chi connectivity index (χ0n) is 12.7. The van der Waals surface area contributed by atoms with E-state index in [1.807, 2.05) is 20.8 Å². The number of nitrogens with one attached hydrogen (secondary N) is 1. The van der Waals surface area contributed by atoms with Crippen molar-refractivity contribution in [2.45, 2.75) is 50.5 Å². The van der Waals surface area contributed by atoms with Crippen LogP contribution in [0.1, 0.15) is 40.0 Å². The molecule has 2 heterocycles. The van der Waals surface area contributed by atoms with Crippen molar-refractivity contribution in [1.29, 1.82) is 0 Å². The average molecular weight is 332 g/mol. The van der Waals surface area contributed by atoms with Crippen LogP contribution in [0.25, 0.3) is 0 Å². The van der Waals surface area contributed by atoms with Crippen molar-refractivity contribution in [3.8, 4) is 0 Å². The summed E-state index contributed by atoms with van der Waals surface area (Å²) in [4.78, 5) is 4.31. The van der Waals surface area contributed by atoms with E-state index in [0.717, 1.165) is 25.8 Å². The number of sulfonamides is 1. The third-order valence-corrected chi connectivity index (χ3v) is 6.14. The molecule has 1 fully saturated rings. The largest absolute Gasteiger partial charge is 0.369 e. The van der Waals surface area contributed by atoms with E-state index < -0.39 is 10.0 Å². The molecule has 21 heavy (non-hydrogen) atoms. The standard InChI is InChI=1S/C14H22ClN3O2S/c1-4-7-16-13-12(15)9-11(10-17-13)21(19,20)18-8-5-6-14(18,2)3/h9-10H,4-8H2,1-3H3,(H,16,17). The summed E-state index contributed by atoms with van der Waals surface area (Å²) < 4.78 is 27.0. The van der Waals surface area contributed by atoms with Crippen molar-refractivity contribution >= 4 is 27.4 Å². The minimum absolute atomic E-state index is 0.157. The van der Waals surface area contributed by atoms with Crippen molar-refractivity contribution in [3.63, 3.8) is 0 Å². The fraction of sp³-hybridized carbons (Fsp3) is 0.643. The quantitative estimate of drug-likeness (QED) is 0.900. The minimum Gasteiger partial charge on any atom is -0.369 e. The Balaban J connectivity index is 2.31. The summed E-state index contributed by atoms with van der Waals surface area (Å²) in [6.07, 6.45) is 4.07. The van der Waals surface area contributed by atoms with E-state index in [4.69, 9.17) is 11.6 Å². The first-order valence-corrected chi connectivity index (χ1v) is 9.03. The molecule has 118 valence electrons. The summed E-state index contributed by atoms with van der Waals surface area (Å²) >= 11 is 6.14. The lowest BCUT2D eigenvalue weighted by atomic mass is 10.0. The summed E-state index contributed by atoms with van der Waals surface area (Å²) in [7, 11) is -3.55. The Morgan fingerprint density at radius 3 is 2.71 bits per heavy atom. The van der Waals surface area contributed by atoms with Gasteiger partial charge in [-0.15, -0.1) is 0 Å². The maximum absolute atomic E-state index is 12.7. The molecule has 1 N–H and O–H groups in total. The van der Waals surface area contributed by atoms with Gasteiger partial charge in [-0.1, -0.05) is 18.5 Å². The number of pyridine rings is 1. The van der Waals surface area contributed by atoms with Crippen LogP contribution in [0.3, 0.4) is 0 Å². The number of anilines is 1. The van der Waals surface area contributed by atoms with E-state index in [2.05, 4.69) is 10.3 Å². The molecule has 0 atom stereocenters. The smallest absolute Gasteiger partial charge is 0.245 e. The Morgan fingerprint density at radius 1 is 1.48 bits per heavy atom. The molecule has 1 aromatic heterocycles. The van der Waals surface area contributed by atoms with E-state index in [9.17, 15) is 8.42 Å². The number of nitrogens with zero attached hydrogens (tertiary/aromatic N) is 2. The first-order chi connectivity index (χ1) is 9.79. The number of hydrogen-bond acceptors (Lipinski definition) is 4. The first-order valence-electron chi connectivity index (χ1n) is 7.21. The second-order valence-electron chi connectivity index (χ2n) is 5.92. The van der Waals surface area contributed by atoms with Gasteiger partial charge in [-0.25, -0.2) is 13.4 Å². The van der Waals surface area contributed by atoms with Gasteiger partial charge in [0, 0.05) is 24.8 Å². The lowest BCUT2D eigenvalue weighted by Gasteiger charge is -2.30. The van der Waals surface area contributed by atoms with E-state index >= 15 is 0 Å². The highest BCUT2D eigenvalue weighted by atomic mass is 35.5. The van der Waals surface area contributed by atoms with E-state index in [-0.39, 0.29) is 10.4 Å².